The monoisotopic (exact) mass is 514 g/mol. The highest BCUT2D eigenvalue weighted by Gasteiger charge is 2.28. The van der Waals surface area contributed by atoms with Crippen LogP contribution in [0.25, 0.3) is 0 Å². The molecule has 1 atom stereocenters. The van der Waals surface area contributed by atoms with Crippen LogP contribution in [0.3, 0.4) is 0 Å². The molecule has 0 spiro atoms. The third-order valence-electron chi connectivity index (χ3n) is 5.56. The Hall–Kier alpha value is -3.92. The van der Waals surface area contributed by atoms with E-state index in [1.54, 1.807) is 62.6 Å². The molecule has 0 aliphatic carbocycles. The number of anilines is 1. The molecule has 0 unspecified atom stereocenters. The van der Waals surface area contributed by atoms with E-state index in [-0.39, 0.29) is 10.6 Å². The van der Waals surface area contributed by atoms with Crippen LogP contribution in [0.2, 0.25) is 0 Å². The number of ether oxygens (including phenoxy) is 4. The van der Waals surface area contributed by atoms with Gasteiger partial charge < -0.3 is 24.3 Å². The van der Waals surface area contributed by atoms with E-state index in [2.05, 4.69) is 5.32 Å². The van der Waals surface area contributed by atoms with Gasteiger partial charge in [0.1, 0.15) is 6.54 Å². The van der Waals surface area contributed by atoms with Crippen molar-refractivity contribution < 1.29 is 32.2 Å². The fourth-order valence-electron chi connectivity index (χ4n) is 3.64. The van der Waals surface area contributed by atoms with E-state index in [4.69, 9.17) is 18.9 Å². The third-order valence-corrected chi connectivity index (χ3v) is 7.35. The molecule has 0 aromatic heterocycles. The summed E-state index contributed by atoms with van der Waals surface area (Å²) >= 11 is 0. The van der Waals surface area contributed by atoms with Crippen molar-refractivity contribution in [3.05, 3.63) is 72.3 Å². The fraction of sp³-hybridized carbons (Fsp3) is 0.269. The number of amides is 1. The second-order valence-corrected chi connectivity index (χ2v) is 9.63. The Morgan fingerprint density at radius 1 is 0.806 bits per heavy atom. The Morgan fingerprint density at radius 2 is 1.36 bits per heavy atom. The molecule has 10 heteroatoms. The molecule has 3 aromatic rings. The Bertz CT molecular complexity index is 1300. The van der Waals surface area contributed by atoms with Crippen molar-refractivity contribution in [3.63, 3.8) is 0 Å². The topological polar surface area (TPSA) is 103 Å². The van der Waals surface area contributed by atoms with Crippen LogP contribution in [-0.2, 0) is 14.8 Å². The van der Waals surface area contributed by atoms with Crippen LogP contribution in [0, 0.1) is 0 Å². The fourth-order valence-corrected chi connectivity index (χ4v) is 5.07. The van der Waals surface area contributed by atoms with Crippen LogP contribution in [0.1, 0.15) is 18.5 Å². The predicted molar refractivity (Wildman–Crippen MR) is 137 cm³/mol. The molecular weight excluding hydrogens is 484 g/mol. The number of hydrogen-bond acceptors (Lipinski definition) is 7. The average molecular weight is 515 g/mol. The van der Waals surface area contributed by atoms with Crippen molar-refractivity contribution >= 4 is 21.6 Å². The van der Waals surface area contributed by atoms with E-state index in [1.807, 2.05) is 0 Å². The molecule has 3 rings (SSSR count). The average Bonchev–Trinajstić information content (AvgIpc) is 2.91. The molecule has 0 fully saturated rings. The van der Waals surface area contributed by atoms with Gasteiger partial charge in [-0.3, -0.25) is 9.10 Å². The first-order valence-electron chi connectivity index (χ1n) is 11.1. The van der Waals surface area contributed by atoms with Gasteiger partial charge in [-0.2, -0.15) is 0 Å². The molecule has 0 aliphatic rings. The van der Waals surface area contributed by atoms with Gasteiger partial charge in [0, 0.05) is 6.07 Å². The number of nitrogens with zero attached hydrogens (tertiary/aromatic N) is 1. The van der Waals surface area contributed by atoms with Crippen LogP contribution in [-0.4, -0.2) is 49.3 Å². The molecule has 1 N–H and O–H groups in total. The molecular formula is C26H30N2O7S. The molecule has 0 heterocycles. The first-order valence-corrected chi connectivity index (χ1v) is 12.5. The van der Waals surface area contributed by atoms with Gasteiger partial charge in [-0.25, -0.2) is 8.42 Å². The van der Waals surface area contributed by atoms with E-state index in [0.717, 1.165) is 9.87 Å². The molecule has 1 amide bonds. The minimum absolute atomic E-state index is 0.0560. The smallest absolute Gasteiger partial charge is 0.264 e. The molecule has 0 saturated carbocycles. The number of carbonyl (C=O) groups excluding carboxylic acids is 1. The lowest BCUT2D eigenvalue weighted by atomic mass is 10.1. The van der Waals surface area contributed by atoms with Crippen LogP contribution >= 0.6 is 0 Å². The second kappa shape index (κ2) is 11.7. The molecule has 0 bridgehead atoms. The van der Waals surface area contributed by atoms with E-state index < -0.39 is 28.5 Å². The molecule has 0 saturated heterocycles. The van der Waals surface area contributed by atoms with E-state index >= 15 is 0 Å². The first kappa shape index (κ1) is 26.7. The number of sulfonamides is 1. The van der Waals surface area contributed by atoms with Gasteiger partial charge >= 0.3 is 0 Å². The lowest BCUT2D eigenvalue weighted by molar-refractivity contribution is -0.120. The largest absolute Gasteiger partial charge is 0.493 e. The Kier molecular flexibility index (Phi) is 8.65. The molecule has 0 radical (unpaired) electrons. The van der Waals surface area contributed by atoms with Crippen molar-refractivity contribution in [1.82, 2.24) is 5.32 Å². The molecule has 192 valence electrons. The zero-order chi connectivity index (χ0) is 26.3. The van der Waals surface area contributed by atoms with Crippen molar-refractivity contribution in [1.29, 1.82) is 0 Å². The molecule has 36 heavy (non-hydrogen) atoms. The van der Waals surface area contributed by atoms with Crippen LogP contribution in [0.4, 0.5) is 5.69 Å². The van der Waals surface area contributed by atoms with Gasteiger partial charge in [0.05, 0.1) is 45.1 Å². The van der Waals surface area contributed by atoms with Crippen LogP contribution < -0.4 is 28.6 Å². The molecule has 9 nitrogen and oxygen atoms in total. The second-order valence-electron chi connectivity index (χ2n) is 7.77. The highest BCUT2D eigenvalue weighted by Crippen LogP contribution is 2.34. The van der Waals surface area contributed by atoms with Gasteiger partial charge in [0.15, 0.2) is 23.0 Å². The highest BCUT2D eigenvalue weighted by molar-refractivity contribution is 7.92. The predicted octanol–water partition coefficient (Wildman–Crippen LogP) is 3.79. The quantitative estimate of drug-likeness (QED) is 0.415. The summed E-state index contributed by atoms with van der Waals surface area (Å²) in [6.07, 6.45) is 0. The number of nitrogens with one attached hydrogen (secondary N) is 1. The number of benzene rings is 3. The lowest BCUT2D eigenvalue weighted by Crippen LogP contribution is -2.41. The maximum atomic E-state index is 13.6. The van der Waals surface area contributed by atoms with Gasteiger partial charge in [0.2, 0.25) is 5.91 Å². The minimum Gasteiger partial charge on any atom is -0.493 e. The Labute approximate surface area is 211 Å². The first-order chi connectivity index (χ1) is 17.2. The normalized spacial score (nSPS) is 11.8. The van der Waals surface area contributed by atoms with E-state index in [1.165, 1.54) is 39.5 Å². The summed E-state index contributed by atoms with van der Waals surface area (Å²) in [7, 11) is 1.93. The van der Waals surface area contributed by atoms with E-state index in [9.17, 15) is 13.2 Å². The van der Waals surface area contributed by atoms with Gasteiger partial charge in [-0.15, -0.1) is 0 Å². The summed E-state index contributed by atoms with van der Waals surface area (Å²) in [6, 6.07) is 17.5. The Morgan fingerprint density at radius 3 is 1.94 bits per heavy atom. The maximum Gasteiger partial charge on any atom is 0.264 e. The molecule has 0 aliphatic heterocycles. The minimum atomic E-state index is -4.07. The van der Waals surface area contributed by atoms with Gasteiger partial charge in [-0.05, 0) is 48.9 Å². The van der Waals surface area contributed by atoms with E-state index in [0.29, 0.717) is 23.0 Å². The number of hydrogen-bond donors (Lipinski definition) is 1. The standard InChI is InChI=1S/C26H30N2O7S/c1-18(19-11-13-22(32-2)24(15-19)34-4)27-26(29)17-28(36(30,31)21-9-7-6-8-10-21)20-12-14-23(33-3)25(16-20)35-5/h6-16,18H,17H2,1-5H3,(H,27,29)/t18-/m0/s1. The number of methoxy groups -OCH3 is 4. The summed E-state index contributed by atoms with van der Waals surface area (Å²) < 4.78 is 49.4. The summed E-state index contributed by atoms with van der Waals surface area (Å²) in [5.41, 5.74) is 1.02. The number of carbonyl (C=O) groups is 1. The summed E-state index contributed by atoms with van der Waals surface area (Å²) in [4.78, 5) is 13.2. The van der Waals surface area contributed by atoms with Crippen LogP contribution in [0.5, 0.6) is 23.0 Å². The zero-order valence-corrected chi connectivity index (χ0v) is 21.7. The van der Waals surface area contributed by atoms with Crippen molar-refractivity contribution in [3.8, 4) is 23.0 Å². The Balaban J connectivity index is 1.92. The number of rotatable bonds is 11. The van der Waals surface area contributed by atoms with Crippen molar-refractivity contribution in [2.75, 3.05) is 39.3 Å². The third kappa shape index (κ3) is 5.83. The zero-order valence-electron chi connectivity index (χ0n) is 20.8. The summed E-state index contributed by atoms with van der Waals surface area (Å²) in [5.74, 6) is 1.36. The van der Waals surface area contributed by atoms with Crippen molar-refractivity contribution in [2.45, 2.75) is 17.9 Å². The summed E-state index contributed by atoms with van der Waals surface area (Å²) in [5, 5.41) is 2.86. The van der Waals surface area contributed by atoms with Gasteiger partial charge in [-0.1, -0.05) is 24.3 Å². The lowest BCUT2D eigenvalue weighted by Gasteiger charge is -2.26. The SMILES string of the molecule is COc1ccc([C@H](C)NC(=O)CN(c2ccc(OC)c(OC)c2)S(=O)(=O)c2ccccc2)cc1OC. The van der Waals surface area contributed by atoms with Gasteiger partial charge in [0.25, 0.3) is 10.0 Å². The van der Waals surface area contributed by atoms with Crippen LogP contribution in [0.15, 0.2) is 71.6 Å². The maximum absolute atomic E-state index is 13.6. The summed E-state index contributed by atoms with van der Waals surface area (Å²) in [6.45, 7) is 1.34. The van der Waals surface area contributed by atoms with Crippen molar-refractivity contribution in [2.24, 2.45) is 0 Å². The molecule has 3 aromatic carbocycles. The highest BCUT2D eigenvalue weighted by atomic mass is 32.2.